The van der Waals surface area contributed by atoms with Crippen molar-refractivity contribution in [3.8, 4) is 0 Å². The molecule has 0 saturated carbocycles. The molecule has 2 aliphatic rings. The molecule has 0 aliphatic carbocycles. The topological polar surface area (TPSA) is 79.8 Å². The van der Waals surface area contributed by atoms with Crippen LogP contribution in [-0.4, -0.2) is 56.0 Å². The fraction of sp³-hybridized carbons (Fsp3) is 0.462. The molecule has 1 amide bonds. The number of fused-ring (bicyclic) bond motifs is 1. The molecule has 2 saturated heterocycles. The van der Waals surface area contributed by atoms with Crippen LogP contribution < -0.4 is 4.90 Å². The number of nitrogens with zero attached hydrogens (tertiary/aromatic N) is 3. The average Bonchev–Trinajstić information content (AvgIpc) is 3.56. The van der Waals surface area contributed by atoms with Crippen LogP contribution in [0.25, 0.3) is 10.2 Å². The van der Waals surface area contributed by atoms with Crippen molar-refractivity contribution in [1.29, 1.82) is 0 Å². The van der Waals surface area contributed by atoms with Gasteiger partial charge in [0.2, 0.25) is 15.9 Å². The Morgan fingerprint density at radius 1 is 1.17 bits per heavy atom. The third kappa shape index (κ3) is 5.14. The van der Waals surface area contributed by atoms with Crippen LogP contribution in [-0.2, 0) is 26.0 Å². The number of ether oxygens (including phenoxy) is 1. The molecule has 2 aliphatic heterocycles. The van der Waals surface area contributed by atoms with Crippen LogP contribution in [0.3, 0.4) is 0 Å². The summed E-state index contributed by atoms with van der Waals surface area (Å²) in [5, 5.41) is 0.664. The van der Waals surface area contributed by atoms with Gasteiger partial charge in [-0.3, -0.25) is 9.69 Å². The van der Waals surface area contributed by atoms with Gasteiger partial charge >= 0.3 is 0 Å². The minimum atomic E-state index is -3.64. The minimum Gasteiger partial charge on any atom is -0.376 e. The molecule has 0 radical (unpaired) electrons. The Morgan fingerprint density at radius 3 is 2.74 bits per heavy atom. The van der Waals surface area contributed by atoms with Gasteiger partial charge in [-0.1, -0.05) is 42.5 Å². The van der Waals surface area contributed by atoms with Crippen molar-refractivity contribution in [2.45, 2.75) is 50.0 Å². The van der Waals surface area contributed by atoms with Crippen LogP contribution in [0, 0.1) is 5.92 Å². The van der Waals surface area contributed by atoms with Crippen LogP contribution in [0.1, 0.15) is 38.2 Å². The third-order valence-corrected chi connectivity index (χ3v) is 9.79. The van der Waals surface area contributed by atoms with Crippen molar-refractivity contribution in [2.24, 2.45) is 5.92 Å². The van der Waals surface area contributed by atoms with E-state index in [1.165, 1.54) is 21.2 Å². The number of aryl methyl sites for hydroxylation is 1. The van der Waals surface area contributed by atoms with E-state index in [0.29, 0.717) is 37.7 Å². The Morgan fingerprint density at radius 2 is 2.00 bits per heavy atom. The van der Waals surface area contributed by atoms with Crippen LogP contribution in [0.2, 0.25) is 0 Å². The van der Waals surface area contributed by atoms with E-state index in [1.54, 1.807) is 35.2 Å². The second-order valence-corrected chi connectivity index (χ2v) is 12.2. The number of thiazole rings is 1. The van der Waals surface area contributed by atoms with E-state index in [-0.39, 0.29) is 23.5 Å². The standard InChI is InChI=1S/C26H31N3O4S2/c1-2-19-12-13-23-24(16-19)34-26(27-23)29(18-21-9-7-15-33-21)25(30)20-8-6-14-28(17-20)35(31,32)22-10-4-3-5-11-22/h3-5,10-13,16,20-21H,2,6-9,14-15,17-18H2,1H3. The van der Waals surface area contributed by atoms with Gasteiger partial charge in [0.05, 0.1) is 33.7 Å². The number of amides is 1. The molecular weight excluding hydrogens is 482 g/mol. The third-order valence-electron chi connectivity index (χ3n) is 6.87. The summed E-state index contributed by atoms with van der Waals surface area (Å²) in [6, 6.07) is 14.7. The number of anilines is 1. The highest BCUT2D eigenvalue weighted by Gasteiger charge is 2.37. The fourth-order valence-corrected chi connectivity index (χ4v) is 7.46. The van der Waals surface area contributed by atoms with Gasteiger partial charge in [-0.05, 0) is 61.9 Å². The first-order valence-electron chi connectivity index (χ1n) is 12.3. The average molecular weight is 514 g/mol. The molecule has 186 valence electrons. The number of carbonyl (C=O) groups excluding carboxylic acids is 1. The highest BCUT2D eigenvalue weighted by Crippen LogP contribution is 2.33. The molecule has 0 spiro atoms. The molecule has 3 heterocycles. The largest absolute Gasteiger partial charge is 0.376 e. The first-order valence-corrected chi connectivity index (χ1v) is 14.6. The molecule has 0 bridgehead atoms. The van der Waals surface area contributed by atoms with Crippen LogP contribution >= 0.6 is 11.3 Å². The predicted molar refractivity (Wildman–Crippen MR) is 138 cm³/mol. The van der Waals surface area contributed by atoms with Gasteiger partial charge in [0.15, 0.2) is 5.13 Å². The number of carbonyl (C=O) groups is 1. The SMILES string of the molecule is CCc1ccc2nc(N(CC3CCCO3)C(=O)C3CCCN(S(=O)(=O)c4ccccc4)C3)sc2c1. The molecule has 2 fully saturated rings. The van der Waals surface area contributed by atoms with Gasteiger partial charge in [-0.25, -0.2) is 13.4 Å². The summed E-state index contributed by atoms with van der Waals surface area (Å²) in [6.45, 7) is 3.88. The summed E-state index contributed by atoms with van der Waals surface area (Å²) in [6.07, 6.45) is 4.12. The number of hydrogen-bond donors (Lipinski definition) is 0. The van der Waals surface area contributed by atoms with Gasteiger partial charge in [0, 0.05) is 19.7 Å². The molecule has 2 aromatic carbocycles. The summed E-state index contributed by atoms with van der Waals surface area (Å²) in [5.41, 5.74) is 2.11. The van der Waals surface area contributed by atoms with E-state index in [9.17, 15) is 13.2 Å². The normalized spacial score (nSPS) is 21.4. The lowest BCUT2D eigenvalue weighted by atomic mass is 9.98. The van der Waals surface area contributed by atoms with Gasteiger partial charge in [-0.15, -0.1) is 0 Å². The maximum Gasteiger partial charge on any atom is 0.243 e. The zero-order valence-corrected chi connectivity index (χ0v) is 21.6. The van der Waals surface area contributed by atoms with E-state index in [4.69, 9.17) is 9.72 Å². The van der Waals surface area contributed by atoms with Crippen molar-refractivity contribution in [2.75, 3.05) is 31.1 Å². The predicted octanol–water partition coefficient (Wildman–Crippen LogP) is 4.47. The molecule has 1 aromatic heterocycles. The van der Waals surface area contributed by atoms with Crippen LogP contribution in [0.15, 0.2) is 53.4 Å². The lowest BCUT2D eigenvalue weighted by Gasteiger charge is -2.34. The molecule has 7 nitrogen and oxygen atoms in total. The summed E-state index contributed by atoms with van der Waals surface area (Å²) < 4.78 is 34.8. The summed E-state index contributed by atoms with van der Waals surface area (Å²) in [7, 11) is -3.64. The number of benzene rings is 2. The maximum atomic E-state index is 13.9. The number of sulfonamides is 1. The first kappa shape index (κ1) is 24.4. The maximum absolute atomic E-state index is 13.9. The monoisotopic (exact) mass is 513 g/mol. The van der Waals surface area contributed by atoms with Gasteiger partial charge in [-0.2, -0.15) is 4.31 Å². The second kappa shape index (κ2) is 10.3. The van der Waals surface area contributed by atoms with Gasteiger partial charge in [0.25, 0.3) is 0 Å². The highest BCUT2D eigenvalue weighted by molar-refractivity contribution is 7.89. The summed E-state index contributed by atoms with van der Waals surface area (Å²) in [5.74, 6) is -0.481. The zero-order chi connectivity index (χ0) is 24.4. The number of rotatable bonds is 7. The Bertz CT molecular complexity index is 1290. The summed E-state index contributed by atoms with van der Waals surface area (Å²) >= 11 is 1.52. The number of piperidine rings is 1. The van der Waals surface area contributed by atoms with Crippen molar-refractivity contribution in [1.82, 2.24) is 9.29 Å². The molecule has 3 aromatic rings. The molecular formula is C26H31N3O4S2. The molecule has 0 N–H and O–H groups in total. The van der Waals surface area contributed by atoms with E-state index in [1.807, 2.05) is 6.07 Å². The van der Waals surface area contributed by atoms with E-state index in [2.05, 4.69) is 19.1 Å². The van der Waals surface area contributed by atoms with Crippen molar-refractivity contribution in [3.63, 3.8) is 0 Å². The highest BCUT2D eigenvalue weighted by atomic mass is 32.2. The quantitative estimate of drug-likeness (QED) is 0.466. The molecule has 2 unspecified atom stereocenters. The fourth-order valence-electron chi connectivity index (χ4n) is 4.87. The smallest absolute Gasteiger partial charge is 0.243 e. The van der Waals surface area contributed by atoms with Crippen molar-refractivity contribution in [3.05, 3.63) is 54.1 Å². The van der Waals surface area contributed by atoms with E-state index < -0.39 is 15.9 Å². The Hall–Kier alpha value is -2.33. The second-order valence-electron chi connectivity index (χ2n) is 9.25. The van der Waals surface area contributed by atoms with E-state index >= 15 is 0 Å². The summed E-state index contributed by atoms with van der Waals surface area (Å²) in [4.78, 5) is 20.7. The first-order chi connectivity index (χ1) is 17.0. The molecule has 9 heteroatoms. The van der Waals surface area contributed by atoms with Crippen molar-refractivity contribution >= 4 is 42.6 Å². The Balaban J connectivity index is 1.42. The Labute approximate surface area is 210 Å². The molecule has 5 rings (SSSR count). The number of aromatic nitrogens is 1. The van der Waals surface area contributed by atoms with Crippen molar-refractivity contribution < 1.29 is 17.9 Å². The van der Waals surface area contributed by atoms with Gasteiger partial charge < -0.3 is 4.74 Å². The van der Waals surface area contributed by atoms with Gasteiger partial charge in [0.1, 0.15) is 0 Å². The lowest BCUT2D eigenvalue weighted by Crippen LogP contribution is -2.48. The zero-order valence-electron chi connectivity index (χ0n) is 19.9. The molecule has 2 atom stereocenters. The minimum absolute atomic E-state index is 0.0232. The van der Waals surface area contributed by atoms with Crippen LogP contribution in [0.5, 0.6) is 0 Å². The molecule has 35 heavy (non-hydrogen) atoms. The lowest BCUT2D eigenvalue weighted by molar-refractivity contribution is -0.123. The van der Waals surface area contributed by atoms with E-state index in [0.717, 1.165) is 29.5 Å². The Kier molecular flexibility index (Phi) is 7.20. The van der Waals surface area contributed by atoms with Crippen LogP contribution in [0.4, 0.5) is 5.13 Å². The number of hydrogen-bond acceptors (Lipinski definition) is 6.